The van der Waals surface area contributed by atoms with Crippen molar-refractivity contribution in [3.8, 4) is 0 Å². The Labute approximate surface area is 100 Å². The molecule has 0 bridgehead atoms. The molecule has 0 amide bonds. The van der Waals surface area contributed by atoms with Crippen LogP contribution in [-0.4, -0.2) is 11.1 Å². The smallest absolute Gasteiger partial charge is 0.303 e. The highest BCUT2D eigenvalue weighted by atomic mass is 16.4. The fourth-order valence-corrected chi connectivity index (χ4v) is 1.71. The number of carbonyl (C=O) groups is 1. The van der Waals surface area contributed by atoms with Crippen LogP contribution >= 0.6 is 0 Å². The highest BCUT2D eigenvalue weighted by Gasteiger charge is 1.97. The van der Waals surface area contributed by atoms with E-state index in [1.54, 1.807) is 0 Å². The van der Waals surface area contributed by atoms with Gasteiger partial charge in [0.1, 0.15) is 0 Å². The normalized spacial score (nSPS) is 10.2. The summed E-state index contributed by atoms with van der Waals surface area (Å²) in [4.78, 5) is 10.2. The molecule has 0 aromatic heterocycles. The summed E-state index contributed by atoms with van der Waals surface area (Å²) in [6.45, 7) is 4.54. The van der Waals surface area contributed by atoms with Crippen LogP contribution in [0.15, 0.2) is 0 Å². The van der Waals surface area contributed by atoms with Crippen molar-refractivity contribution in [2.45, 2.75) is 71.6 Å². The van der Waals surface area contributed by atoms with Gasteiger partial charge in [0.25, 0.3) is 0 Å². The summed E-state index contributed by atoms with van der Waals surface area (Å²) >= 11 is 0. The number of hydrogen-bond acceptors (Lipinski definition) is 2. The number of hydrogen-bond donors (Lipinski definition) is 2. The second kappa shape index (κ2) is 12.5. The van der Waals surface area contributed by atoms with Gasteiger partial charge in [0.05, 0.1) is 0 Å². The predicted octanol–water partition coefficient (Wildman–Crippen LogP) is 4.40. The molecule has 98 valence electrons. The van der Waals surface area contributed by atoms with E-state index in [0.29, 0.717) is 6.42 Å². The Kier molecular flexibility index (Phi) is 13.9. The first-order chi connectivity index (χ1) is 7.13. The molecule has 0 saturated heterocycles. The van der Waals surface area contributed by atoms with E-state index in [-0.39, 0.29) is 6.15 Å². The molecule has 0 unspecified atom stereocenters. The monoisotopic (exact) mass is 231 g/mol. The lowest BCUT2D eigenvalue weighted by molar-refractivity contribution is -0.137. The van der Waals surface area contributed by atoms with Crippen molar-refractivity contribution >= 4 is 5.97 Å². The van der Waals surface area contributed by atoms with Gasteiger partial charge in [-0.1, -0.05) is 58.8 Å². The minimum absolute atomic E-state index is 0. The zero-order valence-corrected chi connectivity index (χ0v) is 11.0. The van der Waals surface area contributed by atoms with Crippen molar-refractivity contribution in [1.29, 1.82) is 0 Å². The van der Waals surface area contributed by atoms with E-state index in [1.165, 1.54) is 38.5 Å². The van der Waals surface area contributed by atoms with E-state index in [4.69, 9.17) is 5.11 Å². The lowest BCUT2D eigenvalue weighted by atomic mass is 10.0. The van der Waals surface area contributed by atoms with Gasteiger partial charge in [0.2, 0.25) is 0 Å². The molecule has 3 heteroatoms. The second-order valence-corrected chi connectivity index (χ2v) is 4.80. The first-order valence-electron chi connectivity index (χ1n) is 6.34. The van der Waals surface area contributed by atoms with Gasteiger partial charge in [0, 0.05) is 6.42 Å². The zero-order chi connectivity index (χ0) is 11.5. The van der Waals surface area contributed by atoms with Crippen LogP contribution in [0.3, 0.4) is 0 Å². The number of rotatable bonds is 10. The average Bonchev–Trinajstić information content (AvgIpc) is 2.14. The Morgan fingerprint density at radius 3 is 1.81 bits per heavy atom. The van der Waals surface area contributed by atoms with Crippen LogP contribution < -0.4 is 6.15 Å². The molecule has 0 spiro atoms. The Morgan fingerprint density at radius 2 is 1.38 bits per heavy atom. The summed E-state index contributed by atoms with van der Waals surface area (Å²) in [5, 5.41) is 8.44. The van der Waals surface area contributed by atoms with E-state index in [9.17, 15) is 4.79 Å². The molecule has 0 aliphatic rings. The van der Waals surface area contributed by atoms with Crippen molar-refractivity contribution in [2.75, 3.05) is 0 Å². The van der Waals surface area contributed by atoms with Crippen LogP contribution in [-0.2, 0) is 4.79 Å². The molecule has 0 saturated carbocycles. The van der Waals surface area contributed by atoms with Gasteiger partial charge in [-0.15, -0.1) is 0 Å². The molecule has 0 atom stereocenters. The fourth-order valence-electron chi connectivity index (χ4n) is 1.71. The van der Waals surface area contributed by atoms with E-state index >= 15 is 0 Å². The molecular weight excluding hydrogens is 202 g/mol. The number of aliphatic carboxylic acids is 1. The largest absolute Gasteiger partial charge is 0.481 e. The molecule has 0 aromatic rings. The van der Waals surface area contributed by atoms with Gasteiger partial charge in [-0.3, -0.25) is 4.79 Å². The molecule has 0 aliphatic carbocycles. The SMILES string of the molecule is CC(C)CCCCCCCCCC(=O)O.N. The lowest BCUT2D eigenvalue weighted by Gasteiger charge is -2.04. The van der Waals surface area contributed by atoms with Gasteiger partial charge >= 0.3 is 5.97 Å². The third kappa shape index (κ3) is 15.9. The third-order valence-corrected chi connectivity index (χ3v) is 2.67. The fraction of sp³-hybridized carbons (Fsp3) is 0.923. The van der Waals surface area contributed by atoms with Crippen LogP contribution in [0.4, 0.5) is 0 Å². The standard InChI is InChI=1S/C13H26O2.H3N/c1-12(2)10-8-6-4-3-5-7-9-11-13(14)15;/h12H,3-11H2,1-2H3,(H,14,15);1H3. The van der Waals surface area contributed by atoms with Crippen LogP contribution in [0.2, 0.25) is 0 Å². The maximum atomic E-state index is 10.2. The number of unbranched alkanes of at least 4 members (excludes halogenated alkanes) is 6. The van der Waals surface area contributed by atoms with Gasteiger partial charge in [-0.2, -0.15) is 0 Å². The van der Waals surface area contributed by atoms with Gasteiger partial charge in [0.15, 0.2) is 0 Å². The average molecular weight is 231 g/mol. The number of carboxylic acids is 1. The Morgan fingerprint density at radius 1 is 0.938 bits per heavy atom. The van der Waals surface area contributed by atoms with E-state index in [0.717, 1.165) is 18.8 Å². The molecule has 4 N–H and O–H groups in total. The van der Waals surface area contributed by atoms with Gasteiger partial charge in [-0.25, -0.2) is 0 Å². The quantitative estimate of drug-likeness (QED) is 0.547. The van der Waals surface area contributed by atoms with E-state index in [2.05, 4.69) is 13.8 Å². The molecule has 0 fully saturated rings. The summed E-state index contributed by atoms with van der Waals surface area (Å²) in [6, 6.07) is 0. The van der Waals surface area contributed by atoms with Crippen LogP contribution in [0.25, 0.3) is 0 Å². The predicted molar refractivity (Wildman–Crippen MR) is 69.0 cm³/mol. The van der Waals surface area contributed by atoms with Crippen molar-refractivity contribution in [3.05, 3.63) is 0 Å². The van der Waals surface area contributed by atoms with E-state index < -0.39 is 5.97 Å². The first-order valence-corrected chi connectivity index (χ1v) is 6.34. The molecule has 0 rings (SSSR count). The highest BCUT2D eigenvalue weighted by molar-refractivity contribution is 5.66. The van der Waals surface area contributed by atoms with Crippen LogP contribution in [0, 0.1) is 5.92 Å². The summed E-state index contributed by atoms with van der Waals surface area (Å²) in [5.41, 5.74) is 0. The second-order valence-electron chi connectivity index (χ2n) is 4.80. The summed E-state index contributed by atoms with van der Waals surface area (Å²) in [7, 11) is 0. The Bertz CT molecular complexity index is 158. The van der Waals surface area contributed by atoms with Crippen molar-refractivity contribution in [2.24, 2.45) is 5.92 Å². The maximum Gasteiger partial charge on any atom is 0.303 e. The summed E-state index contributed by atoms with van der Waals surface area (Å²) < 4.78 is 0. The molecule has 0 aromatic carbocycles. The minimum atomic E-state index is -0.660. The Balaban J connectivity index is 0. The zero-order valence-electron chi connectivity index (χ0n) is 11.0. The minimum Gasteiger partial charge on any atom is -0.481 e. The van der Waals surface area contributed by atoms with E-state index in [1.807, 2.05) is 0 Å². The van der Waals surface area contributed by atoms with Gasteiger partial charge in [-0.05, 0) is 12.3 Å². The lowest BCUT2D eigenvalue weighted by Crippen LogP contribution is -1.93. The summed E-state index contributed by atoms with van der Waals surface area (Å²) in [6.07, 6.45) is 10.1. The molecule has 16 heavy (non-hydrogen) atoms. The molecule has 0 radical (unpaired) electrons. The van der Waals surface area contributed by atoms with Crippen LogP contribution in [0.1, 0.15) is 71.6 Å². The molecule has 0 aliphatic heterocycles. The maximum absolute atomic E-state index is 10.2. The summed E-state index contributed by atoms with van der Waals surface area (Å²) in [5.74, 6) is 0.174. The molecule has 0 heterocycles. The van der Waals surface area contributed by atoms with Crippen molar-refractivity contribution in [1.82, 2.24) is 6.15 Å². The topological polar surface area (TPSA) is 72.3 Å². The first kappa shape index (κ1) is 17.8. The van der Waals surface area contributed by atoms with Crippen LogP contribution in [0.5, 0.6) is 0 Å². The molecule has 3 nitrogen and oxygen atoms in total. The third-order valence-electron chi connectivity index (χ3n) is 2.67. The molecular formula is C13H29NO2. The Hall–Kier alpha value is -0.570. The van der Waals surface area contributed by atoms with Crippen molar-refractivity contribution in [3.63, 3.8) is 0 Å². The van der Waals surface area contributed by atoms with Gasteiger partial charge < -0.3 is 11.3 Å². The number of carboxylic acid groups (broad SMARTS) is 1. The highest BCUT2D eigenvalue weighted by Crippen LogP contribution is 2.12. The van der Waals surface area contributed by atoms with Crippen molar-refractivity contribution < 1.29 is 9.90 Å².